The maximum absolute atomic E-state index is 14.5. The number of carboxylic acid groups (broad SMARTS) is 1. The highest BCUT2D eigenvalue weighted by molar-refractivity contribution is 7.46. The summed E-state index contributed by atoms with van der Waals surface area (Å²) in [5, 5.41) is 50.2. The van der Waals surface area contributed by atoms with Crippen molar-refractivity contribution in [3.8, 4) is 0 Å². The standard InChI is InChI=1S/C54H95N14O17P/c1-32(2)28-39(64-49(75)40(29-34-16-5-4-6-17-34)65-50(76)41(30-69)66-52(78)43-22-15-27-68(43)53(79)44(59)33(3)70)48(74)61-35(18-7-11-23-55)45(71)60-37(20-9-13-25-57)47(73)67-42(31-85-86(82,83)84)51(77)62-36(19-8-12-24-56)46(72)63-38(54(80)81)21-10-14-26-58/h4-6,16-17,32-33,35-44,69-70H,7-15,18-31,55-59H2,1-3H3,(H,60,71)(H,61,74)(H,62,77)(H,63,72)(H,64,75)(H,65,76)(H,66,78)(H,67,73)(H,80,81)(H2,82,83,84)/t33-,35+,36+,37+,38+,39+,40+,41+,42+,43+,44+/m1/s1. The molecule has 0 bridgehead atoms. The van der Waals surface area contributed by atoms with E-state index in [-0.39, 0.29) is 103 Å². The van der Waals surface area contributed by atoms with Crippen LogP contribution in [0.1, 0.15) is 123 Å². The minimum atomic E-state index is -5.32. The van der Waals surface area contributed by atoms with E-state index in [9.17, 15) is 77.6 Å². The second-order valence-corrected chi connectivity index (χ2v) is 22.9. The first-order valence-corrected chi connectivity index (χ1v) is 30.8. The van der Waals surface area contributed by atoms with E-state index < -0.39 is 147 Å². The number of nitrogens with one attached hydrogen (secondary N) is 8. The van der Waals surface area contributed by atoms with Crippen LogP contribution in [-0.2, 0) is 63.5 Å². The number of hydrogen-bond acceptors (Lipinski definition) is 19. The number of amides is 9. The third-order valence-corrected chi connectivity index (χ3v) is 14.5. The average molecular weight is 1240 g/mol. The van der Waals surface area contributed by atoms with E-state index in [4.69, 9.17) is 28.7 Å². The Labute approximate surface area is 501 Å². The lowest BCUT2D eigenvalue weighted by molar-refractivity contribution is -0.142. The van der Waals surface area contributed by atoms with E-state index in [0.717, 1.165) is 0 Å². The Morgan fingerprint density at radius 3 is 1.41 bits per heavy atom. The number of nitrogens with two attached hydrogens (primary N) is 5. The van der Waals surface area contributed by atoms with E-state index in [0.29, 0.717) is 44.1 Å². The maximum Gasteiger partial charge on any atom is 0.469 e. The molecular formula is C54H95N14O17P. The Morgan fingerprint density at radius 2 is 0.977 bits per heavy atom. The number of unbranched alkanes of at least 4 members (excludes halogenated alkanes) is 4. The number of phosphoric ester groups is 1. The highest BCUT2D eigenvalue weighted by atomic mass is 31.2. The minimum absolute atomic E-state index is 0.00684. The molecule has 86 heavy (non-hydrogen) atoms. The van der Waals surface area contributed by atoms with Crippen molar-refractivity contribution >= 4 is 67.0 Å². The van der Waals surface area contributed by atoms with E-state index in [1.54, 1.807) is 44.2 Å². The normalized spacial score (nSPS) is 16.8. The number of hydrogen-bond donors (Lipinski definition) is 18. The van der Waals surface area contributed by atoms with Crippen molar-refractivity contribution in [2.45, 2.75) is 190 Å². The number of aliphatic carboxylic acids is 1. The molecule has 32 heteroatoms. The van der Waals surface area contributed by atoms with Gasteiger partial charge in [0.25, 0.3) is 0 Å². The van der Waals surface area contributed by atoms with Crippen LogP contribution in [0.4, 0.5) is 0 Å². The highest BCUT2D eigenvalue weighted by Crippen LogP contribution is 2.35. The number of nitrogens with zero attached hydrogens (tertiary/aromatic N) is 1. The van der Waals surface area contributed by atoms with Crippen molar-refractivity contribution in [1.29, 1.82) is 0 Å². The second kappa shape index (κ2) is 40.3. The van der Waals surface area contributed by atoms with Crippen molar-refractivity contribution in [3.63, 3.8) is 0 Å². The Morgan fingerprint density at radius 1 is 0.581 bits per heavy atom. The van der Waals surface area contributed by atoms with E-state index in [2.05, 4.69) is 47.1 Å². The van der Waals surface area contributed by atoms with Gasteiger partial charge in [0.2, 0.25) is 53.2 Å². The summed E-state index contributed by atoms with van der Waals surface area (Å²) in [4.78, 5) is 158. The summed E-state index contributed by atoms with van der Waals surface area (Å²) < 4.78 is 16.6. The van der Waals surface area contributed by atoms with Gasteiger partial charge in [-0.2, -0.15) is 0 Å². The van der Waals surface area contributed by atoms with Crippen LogP contribution in [0.5, 0.6) is 0 Å². The molecule has 1 heterocycles. The lowest BCUT2D eigenvalue weighted by Crippen LogP contribution is -2.61. The first kappa shape index (κ1) is 75.8. The summed E-state index contributed by atoms with van der Waals surface area (Å²) in [5.74, 6) is -9.92. The largest absolute Gasteiger partial charge is 0.480 e. The number of carbonyl (C=O) groups is 10. The predicted octanol–water partition coefficient (Wildman–Crippen LogP) is -4.45. The van der Waals surface area contributed by atoms with Gasteiger partial charge in [-0.05, 0) is 141 Å². The number of likely N-dealkylation sites (tertiary alicyclic amines) is 1. The third-order valence-electron chi connectivity index (χ3n) is 14.1. The summed E-state index contributed by atoms with van der Waals surface area (Å²) in [6, 6.07) is -6.09. The molecule has 11 atom stereocenters. The zero-order chi connectivity index (χ0) is 64.5. The smallest absolute Gasteiger partial charge is 0.469 e. The minimum Gasteiger partial charge on any atom is -0.480 e. The van der Waals surface area contributed by atoms with Gasteiger partial charge in [0, 0.05) is 13.0 Å². The number of benzene rings is 1. The summed E-state index contributed by atoms with van der Waals surface area (Å²) in [6.45, 7) is 3.72. The number of phosphoric acid groups is 1. The second-order valence-electron chi connectivity index (χ2n) is 21.7. The number of aliphatic hydroxyl groups is 2. The Balaban J connectivity index is 2.49. The van der Waals surface area contributed by atoms with Gasteiger partial charge >= 0.3 is 13.8 Å². The molecule has 31 nitrogen and oxygen atoms in total. The molecule has 1 aliphatic rings. The molecule has 488 valence electrons. The summed E-state index contributed by atoms with van der Waals surface area (Å²) in [6.07, 6.45) is 1.62. The van der Waals surface area contributed by atoms with Gasteiger partial charge in [-0.3, -0.25) is 47.7 Å². The lowest BCUT2D eigenvalue weighted by atomic mass is 10.00. The van der Waals surface area contributed by atoms with Crippen molar-refractivity contribution < 1.29 is 82.1 Å². The van der Waals surface area contributed by atoms with Gasteiger partial charge in [-0.15, -0.1) is 0 Å². The fourth-order valence-electron chi connectivity index (χ4n) is 9.22. The molecule has 9 amide bonds. The monoisotopic (exact) mass is 1240 g/mol. The molecule has 23 N–H and O–H groups in total. The molecule has 2 rings (SSSR count). The molecule has 1 fully saturated rings. The molecule has 1 saturated heterocycles. The van der Waals surface area contributed by atoms with Crippen LogP contribution < -0.4 is 71.2 Å². The summed E-state index contributed by atoms with van der Waals surface area (Å²) in [5.41, 5.74) is 29.2. The van der Waals surface area contributed by atoms with Crippen LogP contribution >= 0.6 is 7.82 Å². The zero-order valence-corrected chi connectivity index (χ0v) is 50.4. The first-order chi connectivity index (χ1) is 40.7. The van der Waals surface area contributed by atoms with Crippen molar-refractivity contribution in [2.75, 3.05) is 45.9 Å². The van der Waals surface area contributed by atoms with E-state index in [1.807, 2.05) is 0 Å². The third kappa shape index (κ3) is 28.1. The number of aliphatic hydroxyl groups excluding tert-OH is 2. The van der Waals surface area contributed by atoms with Gasteiger partial charge in [-0.1, -0.05) is 44.2 Å². The Bertz CT molecular complexity index is 2370. The molecule has 0 radical (unpaired) electrons. The molecule has 0 saturated carbocycles. The van der Waals surface area contributed by atoms with Crippen LogP contribution in [0.25, 0.3) is 0 Å². The van der Waals surface area contributed by atoms with Crippen LogP contribution in [-0.4, -0.2) is 202 Å². The van der Waals surface area contributed by atoms with Crippen LogP contribution in [0.15, 0.2) is 30.3 Å². The lowest BCUT2D eigenvalue weighted by Gasteiger charge is -2.29. The van der Waals surface area contributed by atoms with E-state index in [1.165, 1.54) is 11.8 Å². The fourth-order valence-corrected chi connectivity index (χ4v) is 9.56. The molecule has 1 aromatic carbocycles. The molecule has 1 aromatic rings. The van der Waals surface area contributed by atoms with Crippen LogP contribution in [0.3, 0.4) is 0 Å². The Hall–Kier alpha value is -6.25. The van der Waals surface area contributed by atoms with Gasteiger partial charge in [-0.25, -0.2) is 9.36 Å². The topological polar surface area (TPSA) is 528 Å². The SMILES string of the molecule is CC(C)C[C@H](NC(=O)[C@H](Cc1ccccc1)NC(=O)[C@H](CO)NC(=O)[C@@H]1CCCN1C(=O)[C@@H](N)[C@@H](C)O)C(=O)N[C@@H](CCCCN)C(=O)N[C@@H](CCCCN)C(=O)N[C@@H](COP(=O)(O)O)C(=O)N[C@@H](CCCCN)C(=O)N[C@@H](CCCCN)C(=O)O. The van der Waals surface area contributed by atoms with E-state index >= 15 is 0 Å². The van der Waals surface area contributed by atoms with Gasteiger partial charge < -0.3 is 101 Å². The quantitative estimate of drug-likeness (QED) is 0.0217. The number of rotatable bonds is 43. The zero-order valence-electron chi connectivity index (χ0n) is 49.5. The van der Waals surface area contributed by atoms with Gasteiger partial charge in [0.05, 0.1) is 19.3 Å². The highest BCUT2D eigenvalue weighted by Gasteiger charge is 2.40. The molecular weight excluding hydrogens is 1150 g/mol. The fraction of sp³-hybridized carbons (Fsp3) is 0.704. The number of carbonyl (C=O) groups excluding carboxylic acids is 9. The number of carboxylic acids is 1. The molecule has 0 aliphatic carbocycles. The van der Waals surface area contributed by atoms with Gasteiger partial charge in [0.15, 0.2) is 0 Å². The van der Waals surface area contributed by atoms with Crippen molar-refractivity contribution in [1.82, 2.24) is 47.4 Å². The average Bonchev–Trinajstić information content (AvgIpc) is 3.94. The Kier molecular flexibility index (Phi) is 35.5. The van der Waals surface area contributed by atoms with Crippen LogP contribution in [0.2, 0.25) is 0 Å². The molecule has 0 spiro atoms. The van der Waals surface area contributed by atoms with Crippen LogP contribution in [0, 0.1) is 5.92 Å². The van der Waals surface area contributed by atoms with Crippen molar-refractivity contribution in [3.05, 3.63) is 35.9 Å². The predicted molar refractivity (Wildman–Crippen MR) is 314 cm³/mol. The van der Waals surface area contributed by atoms with Gasteiger partial charge in [0.1, 0.15) is 60.4 Å². The summed E-state index contributed by atoms with van der Waals surface area (Å²) >= 11 is 0. The first-order valence-electron chi connectivity index (χ1n) is 29.3. The molecule has 1 aliphatic heterocycles. The summed E-state index contributed by atoms with van der Waals surface area (Å²) in [7, 11) is -5.32. The maximum atomic E-state index is 14.5. The molecule has 0 unspecified atom stereocenters. The van der Waals surface area contributed by atoms with Crippen molar-refractivity contribution in [2.24, 2.45) is 34.6 Å². The molecule has 0 aromatic heterocycles.